The first kappa shape index (κ1) is 21.1. The number of aromatic nitrogens is 3. The number of carbonyl (C=O) groups excluding carboxylic acids is 1. The zero-order valence-corrected chi connectivity index (χ0v) is 18.1. The molecule has 154 valence electrons. The second-order valence-electron chi connectivity index (χ2n) is 6.99. The van der Waals surface area contributed by atoms with E-state index < -0.39 is 0 Å². The Hall–Kier alpha value is -2.64. The lowest BCUT2D eigenvalue weighted by molar-refractivity contribution is 0.102. The molecule has 7 nitrogen and oxygen atoms in total. The van der Waals surface area contributed by atoms with E-state index in [1.165, 1.54) is 0 Å². The summed E-state index contributed by atoms with van der Waals surface area (Å²) in [5.74, 6) is 0.886. The molecule has 3 rings (SSSR count). The molecule has 0 radical (unpaired) electrons. The molecule has 8 heteroatoms. The monoisotopic (exact) mass is 414 g/mol. The number of imidazole rings is 1. The average Bonchev–Trinajstić information content (AvgIpc) is 3.05. The van der Waals surface area contributed by atoms with Crippen LogP contribution in [-0.2, 0) is 6.54 Å². The minimum absolute atomic E-state index is 0.267. The predicted octanol–water partition coefficient (Wildman–Crippen LogP) is 3.74. The fourth-order valence-electron chi connectivity index (χ4n) is 3.20. The molecule has 1 N–H and O–H groups in total. The molecule has 0 saturated heterocycles. The molecule has 2 heterocycles. The van der Waals surface area contributed by atoms with Crippen molar-refractivity contribution < 1.29 is 4.79 Å². The highest BCUT2D eigenvalue weighted by Crippen LogP contribution is 2.22. The van der Waals surface area contributed by atoms with Gasteiger partial charge in [0.15, 0.2) is 0 Å². The molecule has 1 amide bonds. The molecule has 0 aliphatic heterocycles. The number of halogens is 1. The average molecular weight is 415 g/mol. The van der Waals surface area contributed by atoms with Crippen molar-refractivity contribution in [3.05, 3.63) is 47.1 Å². The zero-order chi connectivity index (χ0) is 21.0. The van der Waals surface area contributed by atoms with Crippen molar-refractivity contribution in [3.63, 3.8) is 0 Å². The van der Waals surface area contributed by atoms with Crippen LogP contribution >= 0.6 is 11.6 Å². The molecule has 0 aliphatic carbocycles. The first-order valence-electron chi connectivity index (χ1n) is 9.76. The van der Waals surface area contributed by atoms with E-state index in [-0.39, 0.29) is 11.1 Å². The highest BCUT2D eigenvalue weighted by atomic mass is 35.5. The molecule has 0 fully saturated rings. The summed E-state index contributed by atoms with van der Waals surface area (Å²) in [4.78, 5) is 26.0. The van der Waals surface area contributed by atoms with E-state index in [0.29, 0.717) is 17.3 Å². The van der Waals surface area contributed by atoms with Crippen molar-refractivity contribution in [2.45, 2.75) is 20.4 Å². The topological polar surface area (TPSA) is 66.3 Å². The number of hydrogen-bond acceptors (Lipinski definition) is 5. The summed E-state index contributed by atoms with van der Waals surface area (Å²) in [6.45, 7) is 7.86. The van der Waals surface area contributed by atoms with Gasteiger partial charge in [0.2, 0.25) is 5.95 Å². The summed E-state index contributed by atoms with van der Waals surface area (Å²) < 4.78 is 2.06. The minimum Gasteiger partial charge on any atom is -0.363 e. The molecule has 3 aromatic rings. The van der Waals surface area contributed by atoms with E-state index in [2.05, 4.69) is 38.6 Å². The number of rotatable bonds is 8. The number of carbonyl (C=O) groups is 1. The third-order valence-corrected chi connectivity index (χ3v) is 5.11. The summed E-state index contributed by atoms with van der Waals surface area (Å²) in [5.41, 5.74) is 2.29. The molecule has 0 saturated carbocycles. The molecule has 0 unspecified atom stereocenters. The number of nitrogens with one attached hydrogen (secondary N) is 1. The van der Waals surface area contributed by atoms with Crippen molar-refractivity contribution in [3.8, 4) is 0 Å². The maximum absolute atomic E-state index is 12.9. The predicted molar refractivity (Wildman–Crippen MR) is 119 cm³/mol. The van der Waals surface area contributed by atoms with E-state index in [1.54, 1.807) is 12.1 Å². The largest absolute Gasteiger partial charge is 0.363 e. The Bertz CT molecular complexity index is 996. The van der Waals surface area contributed by atoms with Gasteiger partial charge >= 0.3 is 0 Å². The minimum atomic E-state index is -0.267. The van der Waals surface area contributed by atoms with E-state index in [0.717, 1.165) is 37.2 Å². The van der Waals surface area contributed by atoms with Gasteiger partial charge in [0.05, 0.1) is 11.0 Å². The smallest absolute Gasteiger partial charge is 0.258 e. The van der Waals surface area contributed by atoms with Crippen LogP contribution in [0.1, 0.15) is 24.2 Å². The Morgan fingerprint density at radius 1 is 1.14 bits per heavy atom. The van der Waals surface area contributed by atoms with Gasteiger partial charge in [-0.15, -0.1) is 0 Å². The summed E-state index contributed by atoms with van der Waals surface area (Å²) >= 11 is 6.11. The standard InChI is InChI=1S/C21H27ClN6O/c1-5-27(6-2)11-12-28-17-10-8-7-9-16(17)23-21(28)25-20(29)15-13-18(22)24-19(14-15)26(3)4/h7-10,13-14H,5-6,11-12H2,1-4H3,(H,23,25,29). The van der Waals surface area contributed by atoms with Crippen LogP contribution in [0.2, 0.25) is 5.15 Å². The van der Waals surface area contributed by atoms with E-state index in [4.69, 9.17) is 11.6 Å². The van der Waals surface area contributed by atoms with Gasteiger partial charge in [-0.05, 0) is 37.4 Å². The van der Waals surface area contributed by atoms with Crippen molar-refractivity contribution in [1.82, 2.24) is 19.4 Å². The number of nitrogens with zero attached hydrogens (tertiary/aromatic N) is 5. The Kier molecular flexibility index (Phi) is 6.71. The van der Waals surface area contributed by atoms with Gasteiger partial charge in [0.1, 0.15) is 11.0 Å². The van der Waals surface area contributed by atoms with Crippen LogP contribution in [0.15, 0.2) is 36.4 Å². The molecular formula is C21H27ClN6O. The van der Waals surface area contributed by atoms with Gasteiger partial charge in [-0.1, -0.05) is 37.6 Å². The van der Waals surface area contributed by atoms with E-state index >= 15 is 0 Å². The van der Waals surface area contributed by atoms with E-state index in [1.807, 2.05) is 43.3 Å². The second-order valence-corrected chi connectivity index (χ2v) is 7.38. The molecular weight excluding hydrogens is 388 g/mol. The second kappa shape index (κ2) is 9.24. The maximum Gasteiger partial charge on any atom is 0.258 e. The van der Waals surface area contributed by atoms with Crippen LogP contribution in [0.3, 0.4) is 0 Å². The third kappa shape index (κ3) is 4.86. The lowest BCUT2D eigenvalue weighted by Crippen LogP contribution is -2.27. The van der Waals surface area contributed by atoms with Crippen LogP contribution < -0.4 is 10.2 Å². The fourth-order valence-corrected chi connectivity index (χ4v) is 3.40. The molecule has 0 spiro atoms. The Morgan fingerprint density at radius 3 is 2.55 bits per heavy atom. The lowest BCUT2D eigenvalue weighted by atomic mass is 10.2. The number of para-hydroxylation sites is 2. The van der Waals surface area contributed by atoms with Gasteiger partial charge < -0.3 is 14.4 Å². The number of anilines is 2. The number of fused-ring (bicyclic) bond motifs is 1. The number of hydrogen-bond donors (Lipinski definition) is 1. The number of benzene rings is 1. The van der Waals surface area contributed by atoms with E-state index in [9.17, 15) is 4.79 Å². The molecule has 29 heavy (non-hydrogen) atoms. The quantitative estimate of drug-likeness (QED) is 0.569. The number of pyridine rings is 1. The highest BCUT2D eigenvalue weighted by Gasteiger charge is 2.16. The highest BCUT2D eigenvalue weighted by molar-refractivity contribution is 6.30. The molecule has 2 aromatic heterocycles. The summed E-state index contributed by atoms with van der Waals surface area (Å²) in [5, 5.41) is 3.23. The summed E-state index contributed by atoms with van der Waals surface area (Å²) in [6.07, 6.45) is 0. The Balaban J connectivity index is 1.91. The zero-order valence-electron chi connectivity index (χ0n) is 17.3. The SMILES string of the molecule is CCN(CC)CCn1c(NC(=O)c2cc(Cl)nc(N(C)C)c2)nc2ccccc21. The lowest BCUT2D eigenvalue weighted by Gasteiger charge is -2.19. The summed E-state index contributed by atoms with van der Waals surface area (Å²) in [7, 11) is 3.71. The first-order chi connectivity index (χ1) is 13.9. The maximum atomic E-state index is 12.9. The van der Waals surface area contributed by atoms with Crippen molar-refractivity contribution in [2.24, 2.45) is 0 Å². The molecule has 1 aromatic carbocycles. The number of amides is 1. The van der Waals surface area contributed by atoms with Crippen molar-refractivity contribution in [2.75, 3.05) is 43.9 Å². The van der Waals surface area contributed by atoms with Crippen molar-refractivity contribution in [1.29, 1.82) is 0 Å². The van der Waals surface area contributed by atoms with Crippen LogP contribution in [0.4, 0.5) is 11.8 Å². The Labute approximate surface area is 176 Å². The van der Waals surface area contributed by atoms with Gasteiger partial charge in [-0.2, -0.15) is 0 Å². The van der Waals surface area contributed by atoms with Gasteiger partial charge in [-0.25, -0.2) is 9.97 Å². The van der Waals surface area contributed by atoms with Crippen LogP contribution in [0, 0.1) is 0 Å². The van der Waals surface area contributed by atoms with Crippen LogP contribution in [0.25, 0.3) is 11.0 Å². The normalized spacial score (nSPS) is 11.2. The molecule has 0 aliphatic rings. The van der Waals surface area contributed by atoms with Crippen molar-refractivity contribution >= 4 is 40.3 Å². The van der Waals surface area contributed by atoms with Gasteiger partial charge in [-0.3, -0.25) is 10.1 Å². The fraction of sp³-hybridized carbons (Fsp3) is 0.381. The van der Waals surface area contributed by atoms with Crippen LogP contribution in [-0.4, -0.2) is 59.1 Å². The number of likely N-dealkylation sites (N-methyl/N-ethyl adjacent to an activating group) is 1. The summed E-state index contributed by atoms with van der Waals surface area (Å²) in [6, 6.07) is 11.2. The van der Waals surface area contributed by atoms with Gasteiger partial charge in [0.25, 0.3) is 5.91 Å². The first-order valence-corrected chi connectivity index (χ1v) is 10.1. The van der Waals surface area contributed by atoms with Crippen LogP contribution in [0.5, 0.6) is 0 Å². The Morgan fingerprint density at radius 2 is 1.86 bits per heavy atom. The third-order valence-electron chi connectivity index (χ3n) is 4.92. The molecule has 0 atom stereocenters. The van der Waals surface area contributed by atoms with Gasteiger partial charge in [0, 0.05) is 32.7 Å². The molecule has 0 bridgehead atoms.